The average molecular weight is 292 g/mol. The number of hydrogen-bond donors (Lipinski definition) is 2. The van der Waals surface area contributed by atoms with Crippen molar-refractivity contribution in [3.05, 3.63) is 0 Å². The SMILES string of the molecule is CCS(=O)(=O)N1CCN(CCC(=O)NC(N)=O)CC1. The van der Waals surface area contributed by atoms with Gasteiger partial charge >= 0.3 is 6.03 Å². The first-order valence-electron chi connectivity index (χ1n) is 6.14. The summed E-state index contributed by atoms with van der Waals surface area (Å²) in [6, 6.07) is -0.858. The van der Waals surface area contributed by atoms with Crippen molar-refractivity contribution in [2.45, 2.75) is 13.3 Å². The second-order valence-electron chi connectivity index (χ2n) is 4.30. The van der Waals surface area contributed by atoms with Gasteiger partial charge in [0.2, 0.25) is 15.9 Å². The maximum absolute atomic E-state index is 11.6. The van der Waals surface area contributed by atoms with Crippen LogP contribution in [0.3, 0.4) is 0 Å². The summed E-state index contributed by atoms with van der Waals surface area (Å²) in [6.07, 6.45) is 0.170. The highest BCUT2D eigenvalue weighted by atomic mass is 32.2. The minimum Gasteiger partial charge on any atom is -0.351 e. The van der Waals surface area contributed by atoms with E-state index in [4.69, 9.17) is 5.73 Å². The van der Waals surface area contributed by atoms with Gasteiger partial charge in [-0.3, -0.25) is 10.1 Å². The number of nitrogens with two attached hydrogens (primary N) is 1. The quantitative estimate of drug-likeness (QED) is 0.643. The molecule has 0 atom stereocenters. The Hall–Kier alpha value is -1.19. The predicted octanol–water partition coefficient (Wildman–Crippen LogP) is -1.46. The molecule has 3 N–H and O–H groups in total. The van der Waals surface area contributed by atoms with Crippen LogP contribution in [-0.2, 0) is 14.8 Å². The largest absolute Gasteiger partial charge is 0.351 e. The molecule has 9 heteroatoms. The molecule has 19 heavy (non-hydrogen) atoms. The highest BCUT2D eigenvalue weighted by Gasteiger charge is 2.25. The lowest BCUT2D eigenvalue weighted by atomic mass is 10.3. The van der Waals surface area contributed by atoms with Crippen LogP contribution in [0.15, 0.2) is 0 Å². The fourth-order valence-corrected chi connectivity index (χ4v) is 2.96. The van der Waals surface area contributed by atoms with Crippen LogP contribution in [0.2, 0.25) is 0 Å². The highest BCUT2D eigenvalue weighted by Crippen LogP contribution is 2.08. The van der Waals surface area contributed by atoms with E-state index in [1.165, 1.54) is 4.31 Å². The monoisotopic (exact) mass is 292 g/mol. The Kier molecular flexibility index (Phi) is 5.70. The van der Waals surface area contributed by atoms with E-state index >= 15 is 0 Å². The van der Waals surface area contributed by atoms with Crippen molar-refractivity contribution in [1.82, 2.24) is 14.5 Å². The van der Waals surface area contributed by atoms with Crippen LogP contribution in [0.1, 0.15) is 13.3 Å². The number of urea groups is 1. The van der Waals surface area contributed by atoms with Gasteiger partial charge in [0.15, 0.2) is 0 Å². The molecule has 1 rings (SSSR count). The topological polar surface area (TPSA) is 113 Å². The van der Waals surface area contributed by atoms with Gasteiger partial charge in [-0.25, -0.2) is 13.2 Å². The lowest BCUT2D eigenvalue weighted by Crippen LogP contribution is -2.49. The molecule has 0 spiro atoms. The van der Waals surface area contributed by atoms with Crippen LogP contribution in [0.25, 0.3) is 0 Å². The maximum atomic E-state index is 11.6. The molecule has 1 aliphatic rings. The molecule has 1 aliphatic heterocycles. The summed E-state index contributed by atoms with van der Waals surface area (Å²) in [7, 11) is -3.13. The van der Waals surface area contributed by atoms with Crippen molar-refractivity contribution in [3.8, 4) is 0 Å². The molecule has 1 fully saturated rings. The van der Waals surface area contributed by atoms with E-state index in [0.717, 1.165) is 0 Å². The smallest absolute Gasteiger partial charge is 0.318 e. The molecule has 1 heterocycles. The fraction of sp³-hybridized carbons (Fsp3) is 0.800. The van der Waals surface area contributed by atoms with Gasteiger partial charge in [-0.1, -0.05) is 0 Å². The Bertz CT molecular complexity index is 429. The number of nitrogens with zero attached hydrogens (tertiary/aromatic N) is 2. The second-order valence-corrected chi connectivity index (χ2v) is 6.56. The number of hydrogen-bond acceptors (Lipinski definition) is 5. The summed E-state index contributed by atoms with van der Waals surface area (Å²) in [5.41, 5.74) is 4.83. The molecule has 0 aromatic rings. The number of imide groups is 1. The Morgan fingerprint density at radius 2 is 1.79 bits per heavy atom. The van der Waals surface area contributed by atoms with E-state index in [1.807, 2.05) is 10.2 Å². The van der Waals surface area contributed by atoms with Gasteiger partial charge < -0.3 is 10.6 Å². The molecule has 0 aromatic heterocycles. The third-order valence-corrected chi connectivity index (χ3v) is 4.89. The van der Waals surface area contributed by atoms with Crippen molar-refractivity contribution >= 4 is 22.0 Å². The molecule has 1 saturated heterocycles. The Morgan fingerprint density at radius 1 is 1.21 bits per heavy atom. The molecular weight excluding hydrogens is 272 g/mol. The molecule has 3 amide bonds. The standard InChI is InChI=1S/C10H20N4O4S/c1-2-19(17,18)14-7-5-13(6-8-14)4-3-9(15)12-10(11)16/h2-8H2,1H3,(H3,11,12,15,16). The van der Waals surface area contributed by atoms with Crippen LogP contribution in [0, 0.1) is 0 Å². The van der Waals surface area contributed by atoms with Crippen molar-refractivity contribution in [2.75, 3.05) is 38.5 Å². The van der Waals surface area contributed by atoms with Gasteiger partial charge in [0.1, 0.15) is 0 Å². The van der Waals surface area contributed by atoms with Crippen LogP contribution < -0.4 is 11.1 Å². The normalized spacial score (nSPS) is 18.2. The van der Waals surface area contributed by atoms with E-state index in [0.29, 0.717) is 32.7 Å². The average Bonchev–Trinajstić information content (AvgIpc) is 2.36. The van der Waals surface area contributed by atoms with Gasteiger partial charge in [0, 0.05) is 39.1 Å². The number of amides is 3. The Balaban J connectivity index is 2.31. The maximum Gasteiger partial charge on any atom is 0.318 e. The zero-order chi connectivity index (χ0) is 14.5. The third-order valence-electron chi connectivity index (χ3n) is 3.01. The first-order chi connectivity index (χ1) is 8.85. The van der Waals surface area contributed by atoms with Gasteiger partial charge in [-0.15, -0.1) is 0 Å². The van der Waals surface area contributed by atoms with E-state index in [2.05, 4.69) is 0 Å². The molecule has 8 nitrogen and oxygen atoms in total. The van der Waals surface area contributed by atoms with Gasteiger partial charge in [0.25, 0.3) is 0 Å². The molecule has 0 aliphatic carbocycles. The Morgan fingerprint density at radius 3 is 2.26 bits per heavy atom. The third kappa shape index (κ3) is 5.13. The number of carbonyl (C=O) groups excluding carboxylic acids is 2. The van der Waals surface area contributed by atoms with Gasteiger partial charge in [-0.05, 0) is 6.92 Å². The number of nitrogens with one attached hydrogen (secondary N) is 1. The second kappa shape index (κ2) is 6.83. The van der Waals surface area contributed by atoms with Gasteiger partial charge in [-0.2, -0.15) is 4.31 Å². The molecule has 0 aromatic carbocycles. The number of rotatable bonds is 5. The minimum absolute atomic E-state index is 0.105. The van der Waals surface area contributed by atoms with Crippen LogP contribution in [-0.4, -0.2) is 68.0 Å². The lowest BCUT2D eigenvalue weighted by Gasteiger charge is -2.33. The predicted molar refractivity (Wildman–Crippen MR) is 69.8 cm³/mol. The van der Waals surface area contributed by atoms with Crippen molar-refractivity contribution in [3.63, 3.8) is 0 Å². The van der Waals surface area contributed by atoms with E-state index in [1.54, 1.807) is 6.92 Å². The van der Waals surface area contributed by atoms with Crippen LogP contribution >= 0.6 is 0 Å². The van der Waals surface area contributed by atoms with E-state index in [9.17, 15) is 18.0 Å². The number of sulfonamides is 1. The van der Waals surface area contributed by atoms with Gasteiger partial charge in [0.05, 0.1) is 5.75 Å². The van der Waals surface area contributed by atoms with Crippen molar-refractivity contribution in [2.24, 2.45) is 5.73 Å². The molecule has 0 radical (unpaired) electrons. The minimum atomic E-state index is -3.13. The molecular formula is C10H20N4O4S. The molecule has 0 bridgehead atoms. The lowest BCUT2D eigenvalue weighted by molar-refractivity contribution is -0.120. The number of carbonyl (C=O) groups is 2. The summed E-state index contributed by atoms with van der Waals surface area (Å²) >= 11 is 0. The molecule has 0 unspecified atom stereocenters. The highest BCUT2D eigenvalue weighted by molar-refractivity contribution is 7.89. The van der Waals surface area contributed by atoms with Crippen LogP contribution in [0.5, 0.6) is 0 Å². The Labute approximate surface area is 113 Å². The summed E-state index contributed by atoms with van der Waals surface area (Å²) in [5.74, 6) is -0.315. The zero-order valence-corrected chi connectivity index (χ0v) is 11.8. The fourth-order valence-electron chi connectivity index (χ4n) is 1.87. The van der Waals surface area contributed by atoms with E-state index < -0.39 is 22.0 Å². The van der Waals surface area contributed by atoms with Crippen LogP contribution in [0.4, 0.5) is 4.79 Å². The molecule has 110 valence electrons. The summed E-state index contributed by atoms with van der Waals surface area (Å²) in [4.78, 5) is 23.7. The molecule has 0 saturated carbocycles. The van der Waals surface area contributed by atoms with E-state index in [-0.39, 0.29) is 12.2 Å². The van der Waals surface area contributed by atoms with Crippen molar-refractivity contribution in [1.29, 1.82) is 0 Å². The van der Waals surface area contributed by atoms with Crippen molar-refractivity contribution < 1.29 is 18.0 Å². The first-order valence-corrected chi connectivity index (χ1v) is 7.75. The first kappa shape index (κ1) is 15.9. The summed E-state index contributed by atoms with van der Waals surface area (Å²) < 4.78 is 24.7. The number of primary amides is 1. The zero-order valence-electron chi connectivity index (χ0n) is 11.0. The summed E-state index contributed by atoms with van der Waals surface area (Å²) in [5, 5.41) is 1.99. The number of piperazine rings is 1. The summed E-state index contributed by atoms with van der Waals surface area (Å²) in [6.45, 7) is 4.16.